The number of thiazole rings is 1. The number of esters is 1. The third-order valence-corrected chi connectivity index (χ3v) is 8.10. The van der Waals surface area contributed by atoms with E-state index in [-0.39, 0.29) is 35.2 Å². The van der Waals surface area contributed by atoms with Crippen LogP contribution >= 0.6 is 22.9 Å². The van der Waals surface area contributed by atoms with E-state index in [0.717, 1.165) is 0 Å². The number of halogens is 2. The summed E-state index contributed by atoms with van der Waals surface area (Å²) in [6.45, 7) is 7.04. The van der Waals surface area contributed by atoms with Crippen LogP contribution in [-0.2, 0) is 19.1 Å². The molecule has 1 saturated heterocycles. The van der Waals surface area contributed by atoms with Crippen LogP contribution < -0.4 is 5.32 Å². The molecule has 2 N–H and O–H groups in total. The van der Waals surface area contributed by atoms with Gasteiger partial charge in [-0.3, -0.25) is 14.7 Å². The van der Waals surface area contributed by atoms with Crippen molar-refractivity contribution in [1.82, 2.24) is 15.2 Å². The smallest absolute Gasteiger partial charge is 0.338 e. The highest BCUT2D eigenvalue weighted by Gasteiger charge is 2.39. The van der Waals surface area contributed by atoms with Crippen molar-refractivity contribution in [1.29, 1.82) is 0 Å². The minimum atomic E-state index is -0.877. The molecule has 3 heterocycles. The molecule has 2 aliphatic rings. The van der Waals surface area contributed by atoms with Gasteiger partial charge in [-0.2, -0.15) is 0 Å². The van der Waals surface area contributed by atoms with Crippen molar-refractivity contribution in [3.05, 3.63) is 62.5 Å². The number of methoxy groups -OCH3 is 1. The first-order valence-electron chi connectivity index (χ1n) is 12.7. The Hall–Kier alpha value is -2.86. The minimum absolute atomic E-state index is 0.129. The first-order valence-corrected chi connectivity index (χ1v) is 14.0. The summed E-state index contributed by atoms with van der Waals surface area (Å²) in [6.07, 6.45) is 1.84. The number of aliphatic carboxylic acids is 1. The van der Waals surface area contributed by atoms with Crippen LogP contribution in [0.2, 0.25) is 5.02 Å². The van der Waals surface area contributed by atoms with Gasteiger partial charge in [0.25, 0.3) is 0 Å². The highest BCUT2D eigenvalue weighted by atomic mass is 35.5. The van der Waals surface area contributed by atoms with E-state index in [0.29, 0.717) is 41.7 Å². The van der Waals surface area contributed by atoms with Crippen LogP contribution in [-0.4, -0.2) is 71.7 Å². The van der Waals surface area contributed by atoms with E-state index in [2.05, 4.69) is 15.2 Å². The molecule has 9 nitrogen and oxygen atoms in total. The third-order valence-electron chi connectivity index (χ3n) is 7.00. The van der Waals surface area contributed by atoms with E-state index < -0.39 is 29.7 Å². The summed E-state index contributed by atoms with van der Waals surface area (Å²) < 4.78 is 25.2. The van der Waals surface area contributed by atoms with Crippen LogP contribution in [0, 0.1) is 17.7 Å². The first-order chi connectivity index (χ1) is 18.6. The largest absolute Gasteiger partial charge is 0.481 e. The summed E-state index contributed by atoms with van der Waals surface area (Å²) in [7, 11) is 1.29. The zero-order valence-electron chi connectivity index (χ0n) is 22.2. The molecule has 210 valence electrons. The maximum atomic E-state index is 13.9. The molecule has 4 rings (SSSR count). The van der Waals surface area contributed by atoms with Crippen LogP contribution in [0.3, 0.4) is 0 Å². The minimum Gasteiger partial charge on any atom is -0.481 e. The maximum absolute atomic E-state index is 13.9. The van der Waals surface area contributed by atoms with Gasteiger partial charge in [0, 0.05) is 47.0 Å². The van der Waals surface area contributed by atoms with Gasteiger partial charge in [0.1, 0.15) is 11.9 Å². The number of benzene rings is 1. The fourth-order valence-corrected chi connectivity index (χ4v) is 5.90. The Morgan fingerprint density at radius 3 is 2.74 bits per heavy atom. The van der Waals surface area contributed by atoms with Crippen LogP contribution in [0.4, 0.5) is 4.39 Å². The van der Waals surface area contributed by atoms with Crippen LogP contribution in [0.25, 0.3) is 0 Å². The molecule has 2 aromatic rings. The van der Waals surface area contributed by atoms with Gasteiger partial charge in [-0.15, -0.1) is 11.3 Å². The van der Waals surface area contributed by atoms with Gasteiger partial charge in [-0.05, 0) is 24.5 Å². The normalized spacial score (nSPS) is 22.8. The molecule has 1 fully saturated rings. The van der Waals surface area contributed by atoms with Crippen LogP contribution in [0.15, 0.2) is 46.0 Å². The lowest BCUT2D eigenvalue weighted by atomic mass is 9.89. The standard InChI is InChI=1S/C27H32ClFN4O5S/c1-14(2)23-20(11-15(3)26(34)35)33(8-9-38-23)13-19-21(27(36)37-4)22(17-6-5-16(29)12-18(17)28)32-24(31-19)25-30-7-10-39-25/h5-7,10,12,14-15,20,22-23H,8-9,11,13H2,1-4H3,(H,31,32)(H,34,35)/t15?,20-,22+,23-/m1/s1. The van der Waals surface area contributed by atoms with Gasteiger partial charge in [0.2, 0.25) is 0 Å². The number of amidine groups is 1. The maximum Gasteiger partial charge on any atom is 0.338 e. The average Bonchev–Trinajstić information content (AvgIpc) is 3.44. The highest BCUT2D eigenvalue weighted by molar-refractivity contribution is 7.11. The molecule has 0 bridgehead atoms. The quantitative estimate of drug-likeness (QED) is 0.424. The van der Waals surface area contributed by atoms with Gasteiger partial charge in [-0.1, -0.05) is 38.4 Å². The number of rotatable bonds is 9. The van der Waals surface area contributed by atoms with E-state index >= 15 is 0 Å². The van der Waals surface area contributed by atoms with Crippen molar-refractivity contribution in [2.24, 2.45) is 16.8 Å². The Balaban J connectivity index is 1.81. The number of ether oxygens (including phenoxy) is 2. The first kappa shape index (κ1) is 29.1. The number of aromatic nitrogens is 1. The van der Waals surface area contributed by atoms with Gasteiger partial charge >= 0.3 is 11.9 Å². The fraction of sp³-hybridized carbons (Fsp3) is 0.481. The molecule has 0 aliphatic carbocycles. The summed E-state index contributed by atoms with van der Waals surface area (Å²) in [5.74, 6) is -1.99. The molecule has 12 heteroatoms. The average molecular weight is 579 g/mol. The van der Waals surface area contributed by atoms with Crippen LogP contribution in [0.1, 0.15) is 43.8 Å². The SMILES string of the molecule is COC(=O)C1=C(CN2CCO[C@H](C(C)C)[C@H]2CC(C)C(=O)O)NC(c2nccs2)=N[C@H]1c1ccc(F)cc1Cl. The van der Waals surface area contributed by atoms with Crippen molar-refractivity contribution >= 4 is 40.7 Å². The number of nitrogens with one attached hydrogen (secondary N) is 1. The molecule has 1 aromatic heterocycles. The lowest BCUT2D eigenvalue weighted by Crippen LogP contribution is -2.55. The number of carbonyl (C=O) groups is 2. The number of carbonyl (C=O) groups excluding carboxylic acids is 1. The summed E-state index contributed by atoms with van der Waals surface area (Å²) in [5, 5.41) is 15.5. The second kappa shape index (κ2) is 12.5. The lowest BCUT2D eigenvalue weighted by Gasteiger charge is -2.44. The number of carboxylic acids is 1. The number of hydrogen-bond donors (Lipinski definition) is 2. The molecule has 0 spiro atoms. The summed E-state index contributed by atoms with van der Waals surface area (Å²) in [4.78, 5) is 36.3. The molecular weight excluding hydrogens is 547 g/mol. The monoisotopic (exact) mass is 578 g/mol. The van der Waals surface area contributed by atoms with Crippen molar-refractivity contribution in [3.8, 4) is 0 Å². The Kier molecular flexibility index (Phi) is 9.37. The van der Waals surface area contributed by atoms with E-state index in [1.807, 2.05) is 19.2 Å². The highest BCUT2D eigenvalue weighted by Crippen LogP contribution is 2.37. The summed E-state index contributed by atoms with van der Waals surface area (Å²) in [5.41, 5.74) is 1.22. The van der Waals surface area contributed by atoms with Crippen molar-refractivity contribution < 1.29 is 28.6 Å². The predicted molar refractivity (Wildman–Crippen MR) is 146 cm³/mol. The topological polar surface area (TPSA) is 113 Å². The van der Waals surface area contributed by atoms with Crippen LogP contribution in [0.5, 0.6) is 0 Å². The van der Waals surface area contributed by atoms with E-state index in [9.17, 15) is 19.1 Å². The summed E-state index contributed by atoms with van der Waals surface area (Å²) in [6, 6.07) is 2.88. The van der Waals surface area contributed by atoms with E-state index in [1.54, 1.807) is 13.1 Å². The van der Waals surface area contributed by atoms with Crippen molar-refractivity contribution in [2.75, 3.05) is 26.8 Å². The Bertz CT molecular complexity index is 1270. The molecule has 39 heavy (non-hydrogen) atoms. The molecular formula is C27H32ClFN4O5S. The van der Waals surface area contributed by atoms with Gasteiger partial charge in [0.05, 0.1) is 31.3 Å². The van der Waals surface area contributed by atoms with Crippen molar-refractivity contribution in [3.63, 3.8) is 0 Å². The zero-order chi connectivity index (χ0) is 28.3. The van der Waals surface area contributed by atoms with E-state index in [1.165, 1.54) is 36.6 Å². The Morgan fingerprint density at radius 2 is 2.13 bits per heavy atom. The second-order valence-electron chi connectivity index (χ2n) is 9.98. The van der Waals surface area contributed by atoms with Crippen molar-refractivity contribution in [2.45, 2.75) is 45.4 Å². The summed E-state index contributed by atoms with van der Waals surface area (Å²) >= 11 is 7.83. The lowest BCUT2D eigenvalue weighted by molar-refractivity contribution is -0.144. The number of carboxylic acid groups (broad SMARTS) is 1. The molecule has 1 unspecified atom stereocenters. The van der Waals surface area contributed by atoms with E-state index in [4.69, 9.17) is 26.1 Å². The molecule has 0 radical (unpaired) electrons. The third kappa shape index (κ3) is 6.49. The predicted octanol–water partition coefficient (Wildman–Crippen LogP) is 4.29. The Morgan fingerprint density at radius 1 is 1.36 bits per heavy atom. The molecule has 0 amide bonds. The molecule has 2 aliphatic heterocycles. The van der Waals surface area contributed by atoms with Gasteiger partial charge in [-0.25, -0.2) is 14.2 Å². The van der Waals surface area contributed by atoms with Gasteiger partial charge < -0.3 is 19.9 Å². The Labute approximate surface area is 235 Å². The number of hydrogen-bond acceptors (Lipinski definition) is 9. The number of aliphatic imine (C=N–C) groups is 1. The fourth-order valence-electron chi connectivity index (χ4n) is 5.04. The zero-order valence-corrected chi connectivity index (χ0v) is 23.8. The molecule has 0 saturated carbocycles. The second-order valence-corrected chi connectivity index (χ2v) is 11.3. The number of nitrogens with zero attached hydrogens (tertiary/aromatic N) is 3. The molecule has 4 atom stereocenters. The number of morpholine rings is 1. The molecule has 1 aromatic carbocycles. The van der Waals surface area contributed by atoms with Gasteiger partial charge in [0.15, 0.2) is 10.8 Å².